The van der Waals surface area contributed by atoms with Crippen molar-refractivity contribution in [3.63, 3.8) is 0 Å². The molecule has 0 N–H and O–H groups in total. The molecule has 0 unspecified atom stereocenters. The predicted molar refractivity (Wildman–Crippen MR) is 91.1 cm³/mol. The first kappa shape index (κ1) is 16.2. The number of hydrogen-bond acceptors (Lipinski definition) is 4. The fraction of sp³-hybridized carbons (Fsp3) is 0.500. The quantitative estimate of drug-likeness (QED) is 0.638. The van der Waals surface area contributed by atoms with Crippen LogP contribution in [0.3, 0.4) is 0 Å². The van der Waals surface area contributed by atoms with E-state index < -0.39 is 0 Å². The standard InChI is InChI=1S/C16H22N6O2/c1-11-9-12(21(4)18-11)7-5-6-8-22-15(23)13-14(17-10-19(13)2)20(3)16(22)24/h9-10H,5-8H2,1-4H3. The first-order valence-electron chi connectivity index (χ1n) is 8.00. The molecule has 0 atom stereocenters. The van der Waals surface area contributed by atoms with Gasteiger partial charge in [-0.2, -0.15) is 5.10 Å². The van der Waals surface area contributed by atoms with Crippen LogP contribution < -0.4 is 11.2 Å². The van der Waals surface area contributed by atoms with Crippen LogP contribution in [0.15, 0.2) is 22.0 Å². The predicted octanol–water partition coefficient (Wildman–Crippen LogP) is 0.499. The van der Waals surface area contributed by atoms with E-state index in [4.69, 9.17) is 0 Å². The second-order valence-corrected chi connectivity index (χ2v) is 6.18. The van der Waals surface area contributed by atoms with Crippen LogP contribution in [0, 0.1) is 6.92 Å². The van der Waals surface area contributed by atoms with E-state index in [-0.39, 0.29) is 11.2 Å². The second-order valence-electron chi connectivity index (χ2n) is 6.18. The Bertz CT molecular complexity index is 1000. The van der Waals surface area contributed by atoms with E-state index in [0.29, 0.717) is 17.7 Å². The van der Waals surface area contributed by atoms with E-state index in [9.17, 15) is 9.59 Å². The van der Waals surface area contributed by atoms with Crippen molar-refractivity contribution < 1.29 is 0 Å². The summed E-state index contributed by atoms with van der Waals surface area (Å²) in [5.41, 5.74) is 2.45. The van der Waals surface area contributed by atoms with Crippen molar-refractivity contribution in [2.75, 3.05) is 0 Å². The number of aromatic nitrogens is 6. The third kappa shape index (κ3) is 2.68. The zero-order valence-corrected chi connectivity index (χ0v) is 14.5. The largest absolute Gasteiger partial charge is 0.332 e. The van der Waals surface area contributed by atoms with Crippen LogP contribution in [-0.4, -0.2) is 28.5 Å². The molecule has 3 rings (SSSR count). The fourth-order valence-corrected chi connectivity index (χ4v) is 3.07. The Labute approximate surface area is 139 Å². The van der Waals surface area contributed by atoms with Crippen molar-refractivity contribution in [1.29, 1.82) is 0 Å². The summed E-state index contributed by atoms with van der Waals surface area (Å²) in [5.74, 6) is 0. The highest BCUT2D eigenvalue weighted by Crippen LogP contribution is 2.07. The van der Waals surface area contributed by atoms with E-state index in [1.165, 1.54) is 9.13 Å². The van der Waals surface area contributed by atoms with Gasteiger partial charge in [0.25, 0.3) is 5.56 Å². The number of fused-ring (bicyclic) bond motifs is 1. The maximum atomic E-state index is 12.6. The molecule has 0 aliphatic carbocycles. The van der Waals surface area contributed by atoms with Crippen molar-refractivity contribution in [3.05, 3.63) is 44.6 Å². The van der Waals surface area contributed by atoms with Gasteiger partial charge in [-0.15, -0.1) is 0 Å². The van der Waals surface area contributed by atoms with Crippen molar-refractivity contribution in [2.45, 2.75) is 32.7 Å². The summed E-state index contributed by atoms with van der Waals surface area (Å²) in [6.45, 7) is 2.37. The van der Waals surface area contributed by atoms with Crippen LogP contribution in [0.2, 0.25) is 0 Å². The normalized spacial score (nSPS) is 11.5. The molecule has 0 radical (unpaired) electrons. The Hall–Kier alpha value is -2.64. The van der Waals surface area contributed by atoms with Gasteiger partial charge in [-0.3, -0.25) is 18.6 Å². The lowest BCUT2D eigenvalue weighted by Gasteiger charge is -2.08. The van der Waals surface area contributed by atoms with E-state index in [1.54, 1.807) is 25.0 Å². The molecule has 24 heavy (non-hydrogen) atoms. The minimum atomic E-state index is -0.317. The Morgan fingerprint density at radius 3 is 2.54 bits per heavy atom. The highest BCUT2D eigenvalue weighted by molar-refractivity contribution is 5.69. The lowest BCUT2D eigenvalue weighted by Crippen LogP contribution is -2.39. The van der Waals surface area contributed by atoms with Gasteiger partial charge in [0.1, 0.15) is 0 Å². The van der Waals surface area contributed by atoms with Gasteiger partial charge in [-0.05, 0) is 32.3 Å². The molecule has 3 heterocycles. The third-order valence-electron chi connectivity index (χ3n) is 4.36. The molecule has 3 aromatic rings. The molecule has 0 saturated carbocycles. The molecule has 0 aliphatic heterocycles. The Morgan fingerprint density at radius 2 is 1.88 bits per heavy atom. The van der Waals surface area contributed by atoms with Crippen molar-refractivity contribution >= 4 is 11.2 Å². The van der Waals surface area contributed by atoms with Gasteiger partial charge in [0.15, 0.2) is 11.2 Å². The summed E-state index contributed by atoms with van der Waals surface area (Å²) < 4.78 is 6.27. The summed E-state index contributed by atoms with van der Waals surface area (Å²) in [7, 11) is 5.33. The minimum Gasteiger partial charge on any atom is -0.328 e. The van der Waals surface area contributed by atoms with Gasteiger partial charge < -0.3 is 4.57 Å². The van der Waals surface area contributed by atoms with Crippen LogP contribution in [0.1, 0.15) is 24.2 Å². The zero-order valence-electron chi connectivity index (χ0n) is 14.5. The first-order valence-corrected chi connectivity index (χ1v) is 8.00. The number of imidazole rings is 1. The maximum Gasteiger partial charge on any atom is 0.332 e. The highest BCUT2D eigenvalue weighted by atomic mass is 16.2. The van der Waals surface area contributed by atoms with Crippen LogP contribution >= 0.6 is 0 Å². The van der Waals surface area contributed by atoms with Gasteiger partial charge >= 0.3 is 5.69 Å². The van der Waals surface area contributed by atoms with Crippen molar-refractivity contribution in [1.82, 2.24) is 28.5 Å². The highest BCUT2D eigenvalue weighted by Gasteiger charge is 2.14. The summed E-state index contributed by atoms with van der Waals surface area (Å²) in [4.78, 5) is 29.1. The monoisotopic (exact) mass is 330 g/mol. The topological polar surface area (TPSA) is 79.6 Å². The third-order valence-corrected chi connectivity index (χ3v) is 4.36. The van der Waals surface area contributed by atoms with Crippen LogP contribution in [0.25, 0.3) is 11.2 Å². The zero-order chi connectivity index (χ0) is 17.4. The molecule has 0 bridgehead atoms. The van der Waals surface area contributed by atoms with Crippen LogP contribution in [-0.2, 0) is 34.1 Å². The maximum absolute atomic E-state index is 12.6. The van der Waals surface area contributed by atoms with E-state index in [1.807, 2.05) is 18.7 Å². The lowest BCUT2D eigenvalue weighted by atomic mass is 10.2. The Balaban J connectivity index is 1.78. The number of hydrogen-bond donors (Lipinski definition) is 0. The van der Waals surface area contributed by atoms with E-state index >= 15 is 0 Å². The molecule has 128 valence electrons. The summed E-state index contributed by atoms with van der Waals surface area (Å²) in [5, 5.41) is 4.32. The lowest BCUT2D eigenvalue weighted by molar-refractivity contribution is 0.546. The second kappa shape index (κ2) is 6.10. The van der Waals surface area contributed by atoms with E-state index in [2.05, 4.69) is 16.1 Å². The molecule has 0 amide bonds. The van der Waals surface area contributed by atoms with Crippen LogP contribution in [0.4, 0.5) is 0 Å². The fourth-order valence-electron chi connectivity index (χ4n) is 3.07. The van der Waals surface area contributed by atoms with Gasteiger partial charge in [0, 0.05) is 33.4 Å². The summed E-state index contributed by atoms with van der Waals surface area (Å²) in [6.07, 6.45) is 4.07. The molecule has 0 spiro atoms. The molecule has 8 nitrogen and oxygen atoms in total. The molecule has 8 heteroatoms. The Kier molecular flexibility index (Phi) is 4.13. The van der Waals surface area contributed by atoms with Gasteiger partial charge in [0.05, 0.1) is 12.0 Å². The molecular weight excluding hydrogens is 308 g/mol. The van der Waals surface area contributed by atoms with Crippen molar-refractivity contribution in [3.8, 4) is 0 Å². The SMILES string of the molecule is Cc1cc(CCCCn2c(=O)c3c(ncn3C)n(C)c2=O)n(C)n1. The number of nitrogens with zero attached hydrogens (tertiary/aromatic N) is 6. The average molecular weight is 330 g/mol. The molecule has 0 aliphatic rings. The molecule has 3 aromatic heterocycles. The van der Waals surface area contributed by atoms with Gasteiger partial charge in [-0.25, -0.2) is 9.78 Å². The summed E-state index contributed by atoms with van der Waals surface area (Å²) in [6, 6.07) is 2.06. The number of unbranched alkanes of at least 4 members (excludes halogenated alkanes) is 1. The molecule has 0 aromatic carbocycles. The molecular formula is C16H22N6O2. The van der Waals surface area contributed by atoms with Crippen LogP contribution in [0.5, 0.6) is 0 Å². The average Bonchev–Trinajstić information content (AvgIpc) is 3.07. The smallest absolute Gasteiger partial charge is 0.328 e. The van der Waals surface area contributed by atoms with Gasteiger partial charge in [0.2, 0.25) is 0 Å². The van der Waals surface area contributed by atoms with E-state index in [0.717, 1.165) is 30.7 Å². The first-order chi connectivity index (χ1) is 11.4. The Morgan fingerprint density at radius 1 is 1.12 bits per heavy atom. The molecule has 0 fully saturated rings. The molecule has 0 saturated heterocycles. The summed E-state index contributed by atoms with van der Waals surface area (Å²) >= 11 is 0. The number of aryl methyl sites for hydroxylation is 5. The number of rotatable bonds is 5. The van der Waals surface area contributed by atoms with Gasteiger partial charge in [-0.1, -0.05) is 0 Å². The minimum absolute atomic E-state index is 0.274. The van der Waals surface area contributed by atoms with Crippen molar-refractivity contribution in [2.24, 2.45) is 21.1 Å².